The van der Waals surface area contributed by atoms with Gasteiger partial charge in [0.25, 0.3) is 5.56 Å². The molecule has 1 aromatic carbocycles. The molecule has 1 amide bonds. The van der Waals surface area contributed by atoms with E-state index in [1.165, 1.54) is 15.2 Å². The van der Waals surface area contributed by atoms with Crippen molar-refractivity contribution in [3.63, 3.8) is 0 Å². The van der Waals surface area contributed by atoms with Gasteiger partial charge in [-0.3, -0.25) is 14.4 Å². The molecule has 3 aromatic rings. The van der Waals surface area contributed by atoms with Crippen LogP contribution in [0.1, 0.15) is 18.9 Å². The molecule has 0 atom stereocenters. The van der Waals surface area contributed by atoms with Gasteiger partial charge < -0.3 is 19.4 Å². The average molecular weight is 465 g/mol. The molecular formula is C18H16IN3O4. The van der Waals surface area contributed by atoms with Crippen molar-refractivity contribution < 1.29 is 9.90 Å². The van der Waals surface area contributed by atoms with Crippen molar-refractivity contribution in [2.24, 2.45) is 0 Å². The van der Waals surface area contributed by atoms with Gasteiger partial charge in [0.05, 0.1) is 6.54 Å². The fraction of sp³-hybridized carbons (Fsp3) is 0.167. The van der Waals surface area contributed by atoms with Gasteiger partial charge in [-0.15, -0.1) is 0 Å². The minimum Gasteiger partial charge on any atom is -0.502 e. The normalized spacial score (nSPS) is 10.8. The minimum absolute atomic E-state index is 0.0680. The van der Waals surface area contributed by atoms with Gasteiger partial charge in [-0.05, 0) is 40.3 Å². The number of hydrogen-bond acceptors (Lipinski definition) is 4. The Morgan fingerprint density at radius 3 is 2.73 bits per heavy atom. The second-order valence-electron chi connectivity index (χ2n) is 5.74. The van der Waals surface area contributed by atoms with Gasteiger partial charge in [-0.25, -0.2) is 0 Å². The average Bonchev–Trinajstić information content (AvgIpc) is 2.61. The third kappa shape index (κ3) is 3.50. The second-order valence-corrected chi connectivity index (χ2v) is 6.98. The number of benzene rings is 1. The largest absolute Gasteiger partial charge is 0.502 e. The van der Waals surface area contributed by atoms with Crippen LogP contribution in [0.3, 0.4) is 0 Å². The van der Waals surface area contributed by atoms with E-state index in [2.05, 4.69) is 27.9 Å². The molecule has 0 aliphatic heterocycles. The van der Waals surface area contributed by atoms with E-state index < -0.39 is 16.7 Å². The summed E-state index contributed by atoms with van der Waals surface area (Å²) in [5, 5.41) is 12.7. The molecule has 0 aliphatic rings. The summed E-state index contributed by atoms with van der Waals surface area (Å²) in [6.45, 7) is 1.96. The van der Waals surface area contributed by atoms with Crippen LogP contribution in [0.4, 0.5) is 5.69 Å². The van der Waals surface area contributed by atoms with Crippen molar-refractivity contribution >= 4 is 39.7 Å². The van der Waals surface area contributed by atoms with Crippen LogP contribution in [0.2, 0.25) is 0 Å². The van der Waals surface area contributed by atoms with Crippen molar-refractivity contribution in [2.75, 3.05) is 5.32 Å². The zero-order chi connectivity index (χ0) is 18.8. The number of amides is 1. The SMILES string of the molecule is CCC(=O)Nc1cn2ccn(Cc3cccc(I)c3)c(=O)c2c(O)c1=O. The van der Waals surface area contributed by atoms with Crippen molar-refractivity contribution in [2.45, 2.75) is 19.9 Å². The number of anilines is 1. The van der Waals surface area contributed by atoms with Crippen LogP contribution in [-0.2, 0) is 11.3 Å². The first-order valence-corrected chi connectivity index (χ1v) is 9.00. The molecule has 0 radical (unpaired) electrons. The first-order chi connectivity index (χ1) is 12.4. The van der Waals surface area contributed by atoms with Gasteiger partial charge in [0, 0.05) is 28.6 Å². The fourth-order valence-electron chi connectivity index (χ4n) is 2.59. The number of aromatic nitrogens is 2. The third-order valence-corrected chi connectivity index (χ3v) is 4.59. The number of pyridine rings is 1. The number of nitrogens with one attached hydrogen (secondary N) is 1. The summed E-state index contributed by atoms with van der Waals surface area (Å²) < 4.78 is 3.81. The lowest BCUT2D eigenvalue weighted by atomic mass is 10.2. The Morgan fingerprint density at radius 2 is 2.04 bits per heavy atom. The second kappa shape index (κ2) is 7.32. The fourth-order valence-corrected chi connectivity index (χ4v) is 3.20. The summed E-state index contributed by atoms with van der Waals surface area (Å²) in [7, 11) is 0. The van der Waals surface area contributed by atoms with E-state index in [1.54, 1.807) is 19.3 Å². The standard InChI is InChI=1S/C18H16IN3O4/c1-2-14(23)20-13-10-21-6-7-22(9-11-4-3-5-12(19)8-11)18(26)15(21)17(25)16(13)24/h3-8,10,25H,2,9H2,1H3,(H,20,23). The van der Waals surface area contributed by atoms with Crippen LogP contribution in [0, 0.1) is 3.57 Å². The summed E-state index contributed by atoms with van der Waals surface area (Å²) in [6.07, 6.45) is 4.67. The predicted octanol–water partition coefficient (Wildman–Crippen LogP) is 2.17. The van der Waals surface area contributed by atoms with E-state index >= 15 is 0 Å². The van der Waals surface area contributed by atoms with E-state index in [1.807, 2.05) is 24.3 Å². The molecule has 26 heavy (non-hydrogen) atoms. The number of rotatable bonds is 4. The molecule has 7 nitrogen and oxygen atoms in total. The predicted molar refractivity (Wildman–Crippen MR) is 107 cm³/mol. The molecule has 134 valence electrons. The van der Waals surface area contributed by atoms with Gasteiger partial charge in [0.15, 0.2) is 11.3 Å². The molecule has 0 saturated heterocycles. The molecule has 2 aromatic heterocycles. The highest BCUT2D eigenvalue weighted by atomic mass is 127. The minimum atomic E-state index is -0.782. The molecule has 2 N–H and O–H groups in total. The molecule has 0 unspecified atom stereocenters. The third-order valence-electron chi connectivity index (χ3n) is 3.92. The molecule has 0 fully saturated rings. The van der Waals surface area contributed by atoms with Gasteiger partial charge in [-0.2, -0.15) is 0 Å². The lowest BCUT2D eigenvalue weighted by Crippen LogP contribution is -2.26. The topological polar surface area (TPSA) is 92.8 Å². The van der Waals surface area contributed by atoms with E-state index in [-0.39, 0.29) is 23.5 Å². The van der Waals surface area contributed by atoms with Crippen LogP contribution < -0.4 is 16.3 Å². The van der Waals surface area contributed by atoms with Crippen LogP contribution in [-0.4, -0.2) is 20.0 Å². The van der Waals surface area contributed by atoms with Crippen molar-refractivity contribution in [3.8, 4) is 5.75 Å². The van der Waals surface area contributed by atoms with Crippen LogP contribution >= 0.6 is 22.6 Å². The highest BCUT2D eigenvalue weighted by molar-refractivity contribution is 14.1. The lowest BCUT2D eigenvalue weighted by molar-refractivity contribution is -0.115. The highest BCUT2D eigenvalue weighted by Gasteiger charge is 2.15. The monoisotopic (exact) mass is 465 g/mol. The molecule has 0 saturated carbocycles. The summed E-state index contributed by atoms with van der Waals surface area (Å²) >= 11 is 2.19. The molecule has 0 bridgehead atoms. The van der Waals surface area contributed by atoms with Gasteiger partial charge in [0.2, 0.25) is 11.3 Å². The summed E-state index contributed by atoms with van der Waals surface area (Å²) in [6, 6.07) is 7.69. The summed E-state index contributed by atoms with van der Waals surface area (Å²) in [5.41, 5.74) is -0.540. The van der Waals surface area contributed by atoms with Crippen LogP contribution in [0.25, 0.3) is 5.52 Å². The number of fused-ring (bicyclic) bond motifs is 1. The Hall–Kier alpha value is -2.62. The Balaban J connectivity index is 2.10. The van der Waals surface area contributed by atoms with Crippen molar-refractivity contribution in [3.05, 3.63) is 72.6 Å². The van der Waals surface area contributed by atoms with E-state index in [0.717, 1.165) is 9.13 Å². The quantitative estimate of drug-likeness (QED) is 0.578. The van der Waals surface area contributed by atoms with Crippen molar-refractivity contribution in [1.29, 1.82) is 0 Å². The van der Waals surface area contributed by atoms with E-state index in [4.69, 9.17) is 0 Å². The number of hydrogen-bond donors (Lipinski definition) is 2. The Labute approximate surface area is 162 Å². The highest BCUT2D eigenvalue weighted by Crippen LogP contribution is 2.15. The molecular weight excluding hydrogens is 449 g/mol. The maximum atomic E-state index is 12.7. The van der Waals surface area contributed by atoms with E-state index in [0.29, 0.717) is 6.54 Å². The summed E-state index contributed by atoms with van der Waals surface area (Å²) in [4.78, 5) is 36.5. The van der Waals surface area contributed by atoms with Crippen LogP contribution in [0.15, 0.2) is 52.4 Å². The number of aromatic hydroxyl groups is 1. The van der Waals surface area contributed by atoms with Crippen molar-refractivity contribution in [1.82, 2.24) is 8.97 Å². The number of nitrogens with zero attached hydrogens (tertiary/aromatic N) is 2. The molecule has 8 heteroatoms. The van der Waals surface area contributed by atoms with Crippen LogP contribution in [0.5, 0.6) is 5.75 Å². The zero-order valence-corrected chi connectivity index (χ0v) is 16.1. The lowest BCUT2D eigenvalue weighted by Gasteiger charge is -2.11. The molecule has 0 spiro atoms. The molecule has 0 aliphatic carbocycles. The molecule has 2 heterocycles. The van der Waals surface area contributed by atoms with Gasteiger partial charge in [0.1, 0.15) is 5.69 Å². The number of halogens is 1. The number of carbonyl (C=O) groups excluding carboxylic acids is 1. The number of carbonyl (C=O) groups is 1. The van der Waals surface area contributed by atoms with E-state index in [9.17, 15) is 19.5 Å². The first kappa shape index (κ1) is 18.2. The van der Waals surface area contributed by atoms with Gasteiger partial charge in [-0.1, -0.05) is 19.1 Å². The Morgan fingerprint density at radius 1 is 1.27 bits per heavy atom. The summed E-state index contributed by atoms with van der Waals surface area (Å²) in [5.74, 6) is -1.03. The smallest absolute Gasteiger partial charge is 0.279 e. The maximum absolute atomic E-state index is 12.7. The van der Waals surface area contributed by atoms with Gasteiger partial charge >= 0.3 is 0 Å². The maximum Gasteiger partial charge on any atom is 0.279 e. The Bertz CT molecular complexity index is 1120. The molecule has 3 rings (SSSR count). The Kier molecular flexibility index (Phi) is 5.12. The first-order valence-electron chi connectivity index (χ1n) is 7.92. The zero-order valence-electron chi connectivity index (χ0n) is 13.9.